The van der Waals surface area contributed by atoms with Gasteiger partial charge in [0.2, 0.25) is 0 Å². The summed E-state index contributed by atoms with van der Waals surface area (Å²) in [5, 5.41) is 4.99. The van der Waals surface area contributed by atoms with E-state index in [1.54, 1.807) is 18.2 Å². The molecule has 0 aliphatic rings. The minimum Gasteiger partial charge on any atom is -0.459 e. The Morgan fingerprint density at radius 2 is 2.04 bits per heavy atom. The van der Waals surface area contributed by atoms with E-state index in [0.717, 1.165) is 10.9 Å². The number of rotatable bonds is 4. The van der Waals surface area contributed by atoms with Gasteiger partial charge in [0.15, 0.2) is 0 Å². The quantitative estimate of drug-likeness (QED) is 0.581. The van der Waals surface area contributed by atoms with Gasteiger partial charge >= 0.3 is 5.97 Å². The number of benzene rings is 1. The van der Waals surface area contributed by atoms with Crippen molar-refractivity contribution >= 4 is 62.2 Å². The highest BCUT2D eigenvalue weighted by Crippen LogP contribution is 2.36. The average Bonchev–Trinajstić information content (AvgIpc) is 2.88. The molecule has 0 fully saturated rings. The fourth-order valence-electron chi connectivity index (χ4n) is 2.35. The molecular weight excluding hydrogens is 381 g/mol. The number of nitrogens with one attached hydrogen (secondary N) is 1. The third-order valence-corrected chi connectivity index (χ3v) is 5.17. The molecule has 1 aromatic carbocycles. The number of carbonyl (C=O) groups excluding carboxylic acids is 1. The van der Waals surface area contributed by atoms with E-state index in [9.17, 15) is 4.79 Å². The van der Waals surface area contributed by atoms with Crippen LogP contribution >= 0.6 is 34.5 Å². The molecule has 130 valence electrons. The lowest BCUT2D eigenvalue weighted by molar-refractivity contribution is 0.0383. The Kier molecular flexibility index (Phi) is 5.13. The molecule has 0 atom stereocenters. The van der Waals surface area contributed by atoms with Crippen LogP contribution in [0.15, 0.2) is 24.5 Å². The molecule has 2 aromatic heterocycles. The number of thiophene rings is 1. The monoisotopic (exact) mass is 395 g/mol. The van der Waals surface area contributed by atoms with Gasteiger partial charge in [-0.2, -0.15) is 0 Å². The van der Waals surface area contributed by atoms with Crippen molar-refractivity contribution in [2.45, 2.75) is 26.9 Å². The van der Waals surface area contributed by atoms with Crippen molar-refractivity contribution in [1.82, 2.24) is 9.97 Å². The van der Waals surface area contributed by atoms with Gasteiger partial charge in [0.05, 0.1) is 22.2 Å². The summed E-state index contributed by atoms with van der Waals surface area (Å²) in [5.74, 6) is 0.220. The second-order valence-electron chi connectivity index (χ2n) is 5.66. The number of hydrogen-bond donors (Lipinski definition) is 1. The van der Waals surface area contributed by atoms with E-state index in [-0.39, 0.29) is 12.1 Å². The van der Waals surface area contributed by atoms with Crippen LogP contribution < -0.4 is 5.32 Å². The molecule has 0 aliphatic heterocycles. The number of fused-ring (bicyclic) bond motifs is 1. The molecule has 0 radical (unpaired) electrons. The van der Waals surface area contributed by atoms with Crippen LogP contribution in [0.4, 0.5) is 11.5 Å². The van der Waals surface area contributed by atoms with Crippen molar-refractivity contribution in [2.24, 2.45) is 0 Å². The third-order valence-electron chi connectivity index (χ3n) is 3.44. The lowest BCUT2D eigenvalue weighted by atomic mass is 10.2. The van der Waals surface area contributed by atoms with Gasteiger partial charge in [0.25, 0.3) is 0 Å². The normalized spacial score (nSPS) is 11.1. The lowest BCUT2D eigenvalue weighted by Crippen LogP contribution is -2.11. The largest absolute Gasteiger partial charge is 0.459 e. The minimum atomic E-state index is -0.356. The molecule has 0 saturated carbocycles. The lowest BCUT2D eigenvalue weighted by Gasteiger charge is -2.09. The molecule has 2 heterocycles. The zero-order valence-corrected chi connectivity index (χ0v) is 16.1. The first-order chi connectivity index (χ1) is 11.9. The van der Waals surface area contributed by atoms with Crippen LogP contribution in [-0.4, -0.2) is 22.0 Å². The van der Waals surface area contributed by atoms with Crippen molar-refractivity contribution in [2.75, 3.05) is 5.32 Å². The first kappa shape index (κ1) is 17.9. The standard InChI is InChI=1S/C17H15Cl2N3O2S/c1-8(2)24-17(23)14-9(3)13-15(20-7-21-16(13)25-14)22-12-5-4-10(18)6-11(12)19/h4-8H,1-3H3,(H,20,21,22). The topological polar surface area (TPSA) is 64.1 Å². The van der Waals surface area contributed by atoms with E-state index in [4.69, 9.17) is 27.9 Å². The maximum absolute atomic E-state index is 12.3. The molecule has 0 aliphatic carbocycles. The summed E-state index contributed by atoms with van der Waals surface area (Å²) in [5.41, 5.74) is 1.45. The van der Waals surface area contributed by atoms with Gasteiger partial charge < -0.3 is 10.1 Å². The van der Waals surface area contributed by atoms with Gasteiger partial charge in [0.1, 0.15) is 21.9 Å². The molecule has 0 spiro atoms. The van der Waals surface area contributed by atoms with E-state index in [1.165, 1.54) is 17.7 Å². The zero-order chi connectivity index (χ0) is 18.1. The fourth-order valence-corrected chi connectivity index (χ4v) is 3.83. The summed E-state index contributed by atoms with van der Waals surface area (Å²) in [6.07, 6.45) is 1.26. The van der Waals surface area contributed by atoms with E-state index in [0.29, 0.717) is 31.3 Å². The van der Waals surface area contributed by atoms with Gasteiger partial charge in [0, 0.05) is 5.02 Å². The highest BCUT2D eigenvalue weighted by Gasteiger charge is 2.21. The Morgan fingerprint density at radius 1 is 1.28 bits per heavy atom. The fraction of sp³-hybridized carbons (Fsp3) is 0.235. The molecule has 0 saturated heterocycles. The van der Waals surface area contributed by atoms with Crippen LogP contribution in [-0.2, 0) is 4.74 Å². The van der Waals surface area contributed by atoms with Crippen molar-refractivity contribution in [1.29, 1.82) is 0 Å². The summed E-state index contributed by atoms with van der Waals surface area (Å²) < 4.78 is 5.30. The van der Waals surface area contributed by atoms with Crippen molar-refractivity contribution < 1.29 is 9.53 Å². The molecule has 1 N–H and O–H groups in total. The Balaban J connectivity index is 2.04. The molecule has 3 aromatic rings. The molecule has 8 heteroatoms. The summed E-state index contributed by atoms with van der Waals surface area (Å²) in [6.45, 7) is 5.49. The average molecular weight is 396 g/mol. The molecule has 0 amide bonds. The summed E-state index contributed by atoms with van der Waals surface area (Å²) in [7, 11) is 0. The van der Waals surface area contributed by atoms with Gasteiger partial charge in [-0.3, -0.25) is 0 Å². The SMILES string of the molecule is Cc1c(C(=O)OC(C)C)sc2ncnc(Nc3ccc(Cl)cc3Cl)c12. The maximum Gasteiger partial charge on any atom is 0.348 e. The Bertz CT molecular complexity index is 956. The second-order valence-corrected chi connectivity index (χ2v) is 7.50. The number of ether oxygens (including phenoxy) is 1. The van der Waals surface area contributed by atoms with Crippen LogP contribution in [0.5, 0.6) is 0 Å². The third kappa shape index (κ3) is 3.71. The summed E-state index contributed by atoms with van der Waals surface area (Å²) in [6, 6.07) is 5.16. The number of carbonyl (C=O) groups is 1. The highest BCUT2D eigenvalue weighted by atomic mass is 35.5. The van der Waals surface area contributed by atoms with Gasteiger partial charge in [-0.15, -0.1) is 11.3 Å². The zero-order valence-electron chi connectivity index (χ0n) is 13.8. The smallest absolute Gasteiger partial charge is 0.348 e. The van der Waals surface area contributed by atoms with E-state index in [1.807, 2.05) is 20.8 Å². The molecule has 25 heavy (non-hydrogen) atoms. The molecular formula is C17H15Cl2N3O2S. The Morgan fingerprint density at radius 3 is 2.72 bits per heavy atom. The van der Waals surface area contributed by atoms with Crippen LogP contribution in [0.1, 0.15) is 29.1 Å². The van der Waals surface area contributed by atoms with Crippen LogP contribution in [0.2, 0.25) is 10.0 Å². The van der Waals surface area contributed by atoms with E-state index in [2.05, 4.69) is 15.3 Å². The Hall–Kier alpha value is -1.89. The van der Waals surface area contributed by atoms with E-state index < -0.39 is 0 Å². The van der Waals surface area contributed by atoms with Gasteiger partial charge in [-0.1, -0.05) is 23.2 Å². The molecule has 0 bridgehead atoms. The second kappa shape index (κ2) is 7.15. The van der Waals surface area contributed by atoms with E-state index >= 15 is 0 Å². The van der Waals surface area contributed by atoms with Crippen molar-refractivity contribution in [3.63, 3.8) is 0 Å². The number of anilines is 2. The number of aryl methyl sites for hydroxylation is 1. The number of halogens is 2. The minimum absolute atomic E-state index is 0.186. The number of nitrogens with zero attached hydrogens (tertiary/aromatic N) is 2. The number of hydrogen-bond acceptors (Lipinski definition) is 6. The first-order valence-electron chi connectivity index (χ1n) is 7.54. The van der Waals surface area contributed by atoms with Gasteiger partial charge in [-0.25, -0.2) is 14.8 Å². The highest BCUT2D eigenvalue weighted by molar-refractivity contribution is 7.20. The Labute approximate surface area is 159 Å². The number of esters is 1. The number of aromatic nitrogens is 2. The predicted octanol–water partition coefficient (Wildman–Crippen LogP) is 5.62. The maximum atomic E-state index is 12.3. The van der Waals surface area contributed by atoms with Crippen LogP contribution in [0, 0.1) is 6.92 Å². The summed E-state index contributed by atoms with van der Waals surface area (Å²) in [4.78, 5) is 22.1. The molecule has 3 rings (SSSR count). The van der Waals surface area contributed by atoms with Crippen molar-refractivity contribution in [3.8, 4) is 0 Å². The predicted molar refractivity (Wildman–Crippen MR) is 102 cm³/mol. The molecule has 5 nitrogen and oxygen atoms in total. The summed E-state index contributed by atoms with van der Waals surface area (Å²) >= 11 is 13.4. The molecule has 0 unspecified atom stereocenters. The first-order valence-corrected chi connectivity index (χ1v) is 9.11. The van der Waals surface area contributed by atoms with Gasteiger partial charge in [-0.05, 0) is 44.5 Å². The van der Waals surface area contributed by atoms with Crippen LogP contribution in [0.3, 0.4) is 0 Å². The van der Waals surface area contributed by atoms with Crippen LogP contribution in [0.25, 0.3) is 10.2 Å². The van der Waals surface area contributed by atoms with Crippen molar-refractivity contribution in [3.05, 3.63) is 45.0 Å².